The number of nitrogens with one attached hydrogen (secondary N) is 1. The van der Waals surface area contributed by atoms with Gasteiger partial charge in [-0.25, -0.2) is 4.98 Å². The third-order valence-electron chi connectivity index (χ3n) is 3.21. The van der Waals surface area contributed by atoms with E-state index in [2.05, 4.69) is 68.3 Å². The van der Waals surface area contributed by atoms with Gasteiger partial charge in [0.05, 0.1) is 0 Å². The van der Waals surface area contributed by atoms with E-state index >= 15 is 0 Å². The predicted octanol–water partition coefficient (Wildman–Crippen LogP) is 4.66. The molecule has 3 heteroatoms. The Hall–Kier alpha value is -1.32. The van der Waals surface area contributed by atoms with Gasteiger partial charge in [0.25, 0.3) is 0 Å². The highest BCUT2D eigenvalue weighted by Gasteiger charge is 2.07. The molecular formula is C18H24N2S. The van der Waals surface area contributed by atoms with Gasteiger partial charge in [-0.05, 0) is 50.1 Å². The lowest BCUT2D eigenvalue weighted by Crippen LogP contribution is -2.22. The molecule has 0 bridgehead atoms. The Kier molecular flexibility index (Phi) is 5.43. The van der Waals surface area contributed by atoms with Crippen molar-refractivity contribution in [2.45, 2.75) is 57.1 Å². The molecule has 1 aromatic heterocycles. The van der Waals surface area contributed by atoms with Crippen LogP contribution in [-0.4, -0.2) is 11.0 Å². The van der Waals surface area contributed by atoms with E-state index in [0.29, 0.717) is 6.04 Å². The second kappa shape index (κ2) is 7.10. The number of rotatable bonds is 5. The molecule has 0 fully saturated rings. The molecule has 0 unspecified atom stereocenters. The summed E-state index contributed by atoms with van der Waals surface area (Å²) >= 11 is 1.75. The molecule has 0 saturated heterocycles. The lowest BCUT2D eigenvalue weighted by molar-refractivity contribution is 0.584. The van der Waals surface area contributed by atoms with Crippen LogP contribution >= 0.6 is 11.8 Å². The molecule has 0 aliphatic carbocycles. The molecule has 1 aromatic carbocycles. The summed E-state index contributed by atoms with van der Waals surface area (Å²) in [7, 11) is 0. The molecule has 0 radical (unpaired) electrons. The summed E-state index contributed by atoms with van der Waals surface area (Å²) in [6, 6.07) is 11.4. The van der Waals surface area contributed by atoms with Crippen molar-refractivity contribution in [2.24, 2.45) is 0 Å². The third-order valence-corrected chi connectivity index (χ3v) is 4.24. The number of aryl methyl sites for hydroxylation is 3. The Morgan fingerprint density at radius 1 is 1.05 bits per heavy atom. The lowest BCUT2D eigenvalue weighted by atomic mass is 10.1. The molecule has 1 N–H and O–H groups in total. The first-order chi connectivity index (χ1) is 9.94. The molecule has 0 amide bonds. The normalized spacial score (nSPS) is 11.1. The van der Waals surface area contributed by atoms with Crippen molar-refractivity contribution in [3.05, 3.63) is 52.7 Å². The van der Waals surface area contributed by atoms with Gasteiger partial charge in [-0.2, -0.15) is 0 Å². The average molecular weight is 300 g/mol. The first kappa shape index (κ1) is 16.1. The maximum absolute atomic E-state index is 4.63. The molecule has 1 heterocycles. The topological polar surface area (TPSA) is 24.9 Å². The summed E-state index contributed by atoms with van der Waals surface area (Å²) in [5.74, 6) is 0. The van der Waals surface area contributed by atoms with Crippen LogP contribution in [0.3, 0.4) is 0 Å². The van der Waals surface area contributed by atoms with Crippen molar-refractivity contribution < 1.29 is 0 Å². The number of pyridine rings is 1. The molecule has 0 aliphatic heterocycles. The molecular weight excluding hydrogens is 276 g/mol. The highest BCUT2D eigenvalue weighted by atomic mass is 32.2. The zero-order valence-electron chi connectivity index (χ0n) is 13.5. The van der Waals surface area contributed by atoms with E-state index in [1.54, 1.807) is 11.8 Å². The number of hydrogen-bond acceptors (Lipinski definition) is 3. The molecule has 21 heavy (non-hydrogen) atoms. The van der Waals surface area contributed by atoms with Gasteiger partial charge in [0, 0.05) is 23.2 Å². The summed E-state index contributed by atoms with van der Waals surface area (Å²) in [4.78, 5) is 5.91. The van der Waals surface area contributed by atoms with Crippen molar-refractivity contribution in [1.29, 1.82) is 0 Å². The average Bonchev–Trinajstić information content (AvgIpc) is 2.37. The van der Waals surface area contributed by atoms with Crippen LogP contribution in [0.15, 0.2) is 40.3 Å². The summed E-state index contributed by atoms with van der Waals surface area (Å²) in [5, 5.41) is 4.58. The second-order valence-electron chi connectivity index (χ2n) is 5.87. The Morgan fingerprint density at radius 2 is 1.81 bits per heavy atom. The summed E-state index contributed by atoms with van der Waals surface area (Å²) in [5.41, 5.74) is 4.98. The van der Waals surface area contributed by atoms with Crippen LogP contribution in [-0.2, 0) is 6.54 Å². The van der Waals surface area contributed by atoms with Crippen molar-refractivity contribution in [3.8, 4) is 0 Å². The minimum Gasteiger partial charge on any atom is -0.310 e. The van der Waals surface area contributed by atoms with Gasteiger partial charge in [-0.1, -0.05) is 43.3 Å². The van der Waals surface area contributed by atoms with Gasteiger partial charge in [-0.15, -0.1) is 0 Å². The zero-order chi connectivity index (χ0) is 15.4. The molecule has 2 nitrogen and oxygen atoms in total. The van der Waals surface area contributed by atoms with Crippen molar-refractivity contribution in [1.82, 2.24) is 10.3 Å². The van der Waals surface area contributed by atoms with E-state index in [1.165, 1.54) is 21.6 Å². The first-order valence-corrected chi connectivity index (χ1v) is 8.22. The minimum atomic E-state index is 0.489. The molecule has 2 aromatic rings. The molecule has 112 valence electrons. The fraction of sp³-hybridized carbons (Fsp3) is 0.389. The SMILES string of the molecule is Cc1cc(C)nc(Sc2ccc(C)cc2CNC(C)C)c1. The van der Waals surface area contributed by atoms with Gasteiger partial charge in [-0.3, -0.25) is 0 Å². The van der Waals surface area contributed by atoms with Crippen LogP contribution in [0.25, 0.3) is 0 Å². The summed E-state index contributed by atoms with van der Waals surface area (Å²) < 4.78 is 0. The van der Waals surface area contributed by atoms with Crippen LogP contribution in [0.5, 0.6) is 0 Å². The van der Waals surface area contributed by atoms with E-state index in [4.69, 9.17) is 0 Å². The van der Waals surface area contributed by atoms with Gasteiger partial charge < -0.3 is 5.32 Å². The van der Waals surface area contributed by atoms with Crippen LogP contribution in [0.1, 0.15) is 36.2 Å². The predicted molar refractivity (Wildman–Crippen MR) is 91.0 cm³/mol. The summed E-state index contributed by atoms with van der Waals surface area (Å²) in [6.45, 7) is 11.6. The number of aromatic nitrogens is 1. The maximum Gasteiger partial charge on any atom is 0.101 e. The maximum atomic E-state index is 4.63. The van der Waals surface area contributed by atoms with E-state index < -0.39 is 0 Å². The minimum absolute atomic E-state index is 0.489. The van der Waals surface area contributed by atoms with Gasteiger partial charge >= 0.3 is 0 Å². The van der Waals surface area contributed by atoms with Crippen LogP contribution in [0.4, 0.5) is 0 Å². The number of benzene rings is 1. The lowest BCUT2D eigenvalue weighted by Gasteiger charge is -2.13. The zero-order valence-corrected chi connectivity index (χ0v) is 14.3. The quantitative estimate of drug-likeness (QED) is 0.869. The fourth-order valence-corrected chi connectivity index (χ4v) is 3.29. The second-order valence-corrected chi connectivity index (χ2v) is 6.94. The molecule has 0 spiro atoms. The highest BCUT2D eigenvalue weighted by molar-refractivity contribution is 7.99. The van der Waals surface area contributed by atoms with Crippen molar-refractivity contribution >= 4 is 11.8 Å². The number of nitrogens with zero attached hydrogens (tertiary/aromatic N) is 1. The van der Waals surface area contributed by atoms with Crippen LogP contribution in [0, 0.1) is 20.8 Å². The first-order valence-electron chi connectivity index (χ1n) is 7.40. The third kappa shape index (κ3) is 4.87. The fourth-order valence-electron chi connectivity index (χ4n) is 2.23. The van der Waals surface area contributed by atoms with Crippen LogP contribution in [0.2, 0.25) is 0 Å². The van der Waals surface area contributed by atoms with Crippen LogP contribution < -0.4 is 5.32 Å². The van der Waals surface area contributed by atoms with E-state index in [9.17, 15) is 0 Å². The van der Waals surface area contributed by atoms with E-state index in [1.807, 2.05) is 6.92 Å². The van der Waals surface area contributed by atoms with Crippen molar-refractivity contribution in [3.63, 3.8) is 0 Å². The molecule has 0 aliphatic rings. The smallest absolute Gasteiger partial charge is 0.101 e. The Labute approximate surface area is 132 Å². The largest absolute Gasteiger partial charge is 0.310 e. The van der Waals surface area contributed by atoms with Gasteiger partial charge in [0.15, 0.2) is 0 Å². The van der Waals surface area contributed by atoms with Gasteiger partial charge in [0.1, 0.15) is 5.03 Å². The summed E-state index contributed by atoms with van der Waals surface area (Å²) in [6.07, 6.45) is 0. The Morgan fingerprint density at radius 3 is 2.48 bits per heavy atom. The van der Waals surface area contributed by atoms with E-state index in [-0.39, 0.29) is 0 Å². The molecule has 0 atom stereocenters. The molecule has 0 saturated carbocycles. The van der Waals surface area contributed by atoms with E-state index in [0.717, 1.165) is 17.3 Å². The van der Waals surface area contributed by atoms with Gasteiger partial charge in [0.2, 0.25) is 0 Å². The van der Waals surface area contributed by atoms with Crippen molar-refractivity contribution in [2.75, 3.05) is 0 Å². The standard InChI is InChI=1S/C18H24N2S/c1-12(2)19-11-16-9-13(3)6-7-17(16)21-18-10-14(4)8-15(5)20-18/h6-10,12,19H,11H2,1-5H3. The Balaban J connectivity index is 2.25. The monoisotopic (exact) mass is 300 g/mol. The number of hydrogen-bond donors (Lipinski definition) is 1. The molecule has 2 rings (SSSR count). The Bertz CT molecular complexity index is 600. The highest BCUT2D eigenvalue weighted by Crippen LogP contribution is 2.30.